The van der Waals surface area contributed by atoms with Crippen LogP contribution in [-0.2, 0) is 4.79 Å². The van der Waals surface area contributed by atoms with Gasteiger partial charge in [-0.2, -0.15) is 0 Å². The molecule has 1 aliphatic heterocycles. The number of nitrogens with zero attached hydrogens (tertiary/aromatic N) is 1. The maximum atomic E-state index is 12.0. The summed E-state index contributed by atoms with van der Waals surface area (Å²) in [6.07, 6.45) is 0. The summed E-state index contributed by atoms with van der Waals surface area (Å²) in [7, 11) is 0. The van der Waals surface area contributed by atoms with Crippen LogP contribution in [-0.4, -0.2) is 35.7 Å². The SMILES string of the molecule is Cc1cccc(N2C(CO)C(=O)NCC2(C)C)c1C. The number of hydrogen-bond acceptors (Lipinski definition) is 3. The van der Waals surface area contributed by atoms with Crippen molar-refractivity contribution in [2.45, 2.75) is 39.3 Å². The Morgan fingerprint density at radius 1 is 1.42 bits per heavy atom. The number of aliphatic hydroxyl groups is 1. The summed E-state index contributed by atoms with van der Waals surface area (Å²) in [5.41, 5.74) is 3.15. The third kappa shape index (κ3) is 2.32. The van der Waals surface area contributed by atoms with Crippen LogP contribution in [0.25, 0.3) is 0 Å². The zero-order chi connectivity index (χ0) is 14.2. The van der Waals surface area contributed by atoms with Crippen LogP contribution >= 0.6 is 0 Å². The van der Waals surface area contributed by atoms with E-state index in [1.54, 1.807) is 0 Å². The van der Waals surface area contributed by atoms with Gasteiger partial charge in [0.25, 0.3) is 0 Å². The van der Waals surface area contributed by atoms with Crippen molar-refractivity contribution in [1.82, 2.24) is 5.32 Å². The number of hydrogen-bond donors (Lipinski definition) is 2. The van der Waals surface area contributed by atoms with Crippen molar-refractivity contribution >= 4 is 11.6 Å². The summed E-state index contributed by atoms with van der Waals surface area (Å²) in [6, 6.07) is 5.55. The van der Waals surface area contributed by atoms with Gasteiger partial charge in [-0.1, -0.05) is 12.1 Å². The van der Waals surface area contributed by atoms with E-state index in [0.29, 0.717) is 6.54 Å². The minimum Gasteiger partial charge on any atom is -0.394 e. The van der Waals surface area contributed by atoms with Crippen LogP contribution in [0, 0.1) is 13.8 Å². The highest BCUT2D eigenvalue weighted by molar-refractivity contribution is 5.88. The van der Waals surface area contributed by atoms with Crippen LogP contribution in [0.2, 0.25) is 0 Å². The van der Waals surface area contributed by atoms with Gasteiger partial charge < -0.3 is 15.3 Å². The van der Waals surface area contributed by atoms with Gasteiger partial charge >= 0.3 is 0 Å². The van der Waals surface area contributed by atoms with E-state index < -0.39 is 6.04 Å². The Hall–Kier alpha value is -1.55. The lowest BCUT2D eigenvalue weighted by Gasteiger charge is -2.48. The number of carbonyl (C=O) groups excluding carboxylic acids is 1. The molecule has 2 N–H and O–H groups in total. The molecular formula is C15H22N2O2. The predicted molar refractivity (Wildman–Crippen MR) is 76.4 cm³/mol. The van der Waals surface area contributed by atoms with Gasteiger partial charge in [0.2, 0.25) is 5.91 Å². The third-order valence-corrected chi connectivity index (χ3v) is 3.97. The van der Waals surface area contributed by atoms with Crippen molar-refractivity contribution in [3.63, 3.8) is 0 Å². The predicted octanol–water partition coefficient (Wildman–Crippen LogP) is 1.38. The molecule has 0 aromatic heterocycles. The molecule has 0 aliphatic carbocycles. The molecule has 1 fully saturated rings. The zero-order valence-corrected chi connectivity index (χ0v) is 12.0. The molecule has 0 saturated carbocycles. The number of carbonyl (C=O) groups is 1. The maximum Gasteiger partial charge on any atom is 0.245 e. The van der Waals surface area contributed by atoms with Crippen LogP contribution < -0.4 is 10.2 Å². The van der Waals surface area contributed by atoms with Crippen molar-refractivity contribution in [3.05, 3.63) is 29.3 Å². The largest absolute Gasteiger partial charge is 0.394 e. The molecule has 0 radical (unpaired) electrons. The Bertz CT molecular complexity index is 497. The van der Waals surface area contributed by atoms with E-state index in [1.807, 2.05) is 17.0 Å². The van der Waals surface area contributed by atoms with E-state index in [1.165, 1.54) is 5.56 Å². The van der Waals surface area contributed by atoms with Gasteiger partial charge in [-0.05, 0) is 44.9 Å². The van der Waals surface area contributed by atoms with Crippen molar-refractivity contribution in [2.75, 3.05) is 18.1 Å². The molecule has 2 rings (SSSR count). The molecule has 1 aromatic rings. The Kier molecular flexibility index (Phi) is 3.54. The van der Waals surface area contributed by atoms with Gasteiger partial charge in [-0.25, -0.2) is 0 Å². The van der Waals surface area contributed by atoms with Gasteiger partial charge in [0.05, 0.1) is 12.1 Å². The van der Waals surface area contributed by atoms with Gasteiger partial charge in [-0.15, -0.1) is 0 Å². The van der Waals surface area contributed by atoms with Crippen LogP contribution in [0.15, 0.2) is 18.2 Å². The van der Waals surface area contributed by atoms with Crippen LogP contribution in [0.5, 0.6) is 0 Å². The second kappa shape index (κ2) is 4.85. The normalized spacial score (nSPS) is 22.3. The van der Waals surface area contributed by atoms with E-state index in [2.05, 4.69) is 39.1 Å². The number of benzene rings is 1. The highest BCUT2D eigenvalue weighted by Gasteiger charge is 2.41. The average molecular weight is 262 g/mol. The molecule has 4 heteroatoms. The average Bonchev–Trinajstić information content (AvgIpc) is 2.36. The molecule has 104 valence electrons. The summed E-state index contributed by atoms with van der Waals surface area (Å²) >= 11 is 0. The molecule has 1 amide bonds. The third-order valence-electron chi connectivity index (χ3n) is 3.97. The molecule has 1 unspecified atom stereocenters. The topological polar surface area (TPSA) is 52.6 Å². The first-order chi connectivity index (χ1) is 8.88. The van der Waals surface area contributed by atoms with Crippen molar-refractivity contribution in [3.8, 4) is 0 Å². The highest BCUT2D eigenvalue weighted by atomic mass is 16.3. The number of anilines is 1. The van der Waals surface area contributed by atoms with Crippen LogP contribution in [0.1, 0.15) is 25.0 Å². The molecule has 0 bridgehead atoms. The summed E-state index contributed by atoms with van der Waals surface area (Å²) in [5.74, 6) is -0.109. The molecule has 1 aromatic carbocycles. The monoisotopic (exact) mass is 262 g/mol. The smallest absolute Gasteiger partial charge is 0.245 e. The number of aliphatic hydroxyl groups excluding tert-OH is 1. The van der Waals surface area contributed by atoms with E-state index in [9.17, 15) is 9.90 Å². The fraction of sp³-hybridized carbons (Fsp3) is 0.533. The van der Waals surface area contributed by atoms with E-state index in [4.69, 9.17) is 0 Å². The fourth-order valence-electron chi connectivity index (χ4n) is 2.70. The van der Waals surface area contributed by atoms with Crippen molar-refractivity contribution < 1.29 is 9.90 Å². The van der Waals surface area contributed by atoms with Crippen LogP contribution in [0.4, 0.5) is 5.69 Å². The number of nitrogens with one attached hydrogen (secondary N) is 1. The van der Waals surface area contributed by atoms with Crippen molar-refractivity contribution in [1.29, 1.82) is 0 Å². The number of amides is 1. The lowest BCUT2D eigenvalue weighted by molar-refractivity contribution is -0.125. The first kappa shape index (κ1) is 13.9. The Balaban J connectivity index is 2.53. The lowest BCUT2D eigenvalue weighted by Crippen LogP contribution is -2.67. The summed E-state index contributed by atoms with van der Waals surface area (Å²) in [6.45, 7) is 8.68. The Labute approximate surface area is 114 Å². The Morgan fingerprint density at radius 2 is 2.11 bits per heavy atom. The minimum absolute atomic E-state index is 0.109. The summed E-state index contributed by atoms with van der Waals surface area (Å²) < 4.78 is 0. The van der Waals surface area contributed by atoms with E-state index in [0.717, 1.165) is 11.3 Å². The quantitative estimate of drug-likeness (QED) is 0.846. The summed E-state index contributed by atoms with van der Waals surface area (Å²) in [4.78, 5) is 14.0. The molecule has 1 atom stereocenters. The highest BCUT2D eigenvalue weighted by Crippen LogP contribution is 2.32. The Morgan fingerprint density at radius 3 is 2.74 bits per heavy atom. The second-order valence-electron chi connectivity index (χ2n) is 5.82. The maximum absolute atomic E-state index is 12.0. The lowest BCUT2D eigenvalue weighted by atomic mass is 9.93. The molecule has 4 nitrogen and oxygen atoms in total. The van der Waals surface area contributed by atoms with Gasteiger partial charge in [-0.3, -0.25) is 4.79 Å². The molecule has 19 heavy (non-hydrogen) atoms. The van der Waals surface area contributed by atoms with Gasteiger partial charge in [0.15, 0.2) is 0 Å². The molecule has 1 saturated heterocycles. The first-order valence-corrected chi connectivity index (χ1v) is 6.62. The van der Waals surface area contributed by atoms with E-state index in [-0.39, 0.29) is 18.1 Å². The molecular weight excluding hydrogens is 240 g/mol. The molecule has 1 aliphatic rings. The van der Waals surface area contributed by atoms with Gasteiger partial charge in [0.1, 0.15) is 6.04 Å². The standard InChI is InChI=1S/C15H22N2O2/c1-10-6-5-7-12(11(10)2)17-13(8-18)14(19)16-9-15(17,3)4/h5-7,13,18H,8-9H2,1-4H3,(H,16,19). The molecule has 1 heterocycles. The minimum atomic E-state index is -0.524. The van der Waals surface area contributed by atoms with Gasteiger partial charge in [0, 0.05) is 12.2 Å². The zero-order valence-electron chi connectivity index (χ0n) is 12.0. The molecule has 0 spiro atoms. The van der Waals surface area contributed by atoms with Crippen molar-refractivity contribution in [2.24, 2.45) is 0 Å². The summed E-state index contributed by atoms with van der Waals surface area (Å²) in [5, 5.41) is 12.4. The number of rotatable bonds is 2. The fourth-order valence-corrected chi connectivity index (χ4v) is 2.70. The van der Waals surface area contributed by atoms with E-state index >= 15 is 0 Å². The first-order valence-electron chi connectivity index (χ1n) is 6.62. The number of aryl methyl sites for hydroxylation is 1. The second-order valence-corrected chi connectivity index (χ2v) is 5.82. The number of piperazine rings is 1. The van der Waals surface area contributed by atoms with Crippen LogP contribution in [0.3, 0.4) is 0 Å².